The molecule has 2 N–H and O–H groups in total. The minimum atomic E-state index is 0.143. The van der Waals surface area contributed by atoms with E-state index in [9.17, 15) is 4.79 Å². The van der Waals surface area contributed by atoms with E-state index < -0.39 is 0 Å². The summed E-state index contributed by atoms with van der Waals surface area (Å²) >= 11 is 0. The average molecular weight is 236 g/mol. The summed E-state index contributed by atoms with van der Waals surface area (Å²) in [5.74, 6) is 1.10. The summed E-state index contributed by atoms with van der Waals surface area (Å²) in [5.41, 5.74) is 5.53. The summed E-state index contributed by atoms with van der Waals surface area (Å²) < 4.78 is 1.60. The van der Waals surface area contributed by atoms with Crippen molar-refractivity contribution in [2.45, 2.75) is 39.3 Å². The molecule has 1 aromatic rings. The third kappa shape index (κ3) is 3.22. The molecular weight excluding hydrogens is 216 g/mol. The SMILES string of the molecule is CC(C)CN(C(=O)Cn1ccc(N)n1)C1CC1. The first-order chi connectivity index (χ1) is 8.06. The van der Waals surface area contributed by atoms with Gasteiger partial charge in [-0.2, -0.15) is 5.10 Å². The summed E-state index contributed by atoms with van der Waals surface area (Å²) in [6, 6.07) is 2.16. The lowest BCUT2D eigenvalue weighted by Crippen LogP contribution is -2.38. The molecular formula is C12H20N4O. The zero-order valence-electron chi connectivity index (χ0n) is 10.5. The van der Waals surface area contributed by atoms with Gasteiger partial charge in [0.25, 0.3) is 0 Å². The second-order valence-electron chi connectivity index (χ2n) is 5.11. The van der Waals surface area contributed by atoms with Gasteiger partial charge in [-0.15, -0.1) is 0 Å². The highest BCUT2D eigenvalue weighted by molar-refractivity contribution is 5.76. The molecule has 1 heterocycles. The third-order valence-corrected chi connectivity index (χ3v) is 2.83. The van der Waals surface area contributed by atoms with Gasteiger partial charge in [-0.05, 0) is 24.8 Å². The fourth-order valence-electron chi connectivity index (χ4n) is 1.93. The predicted molar refractivity (Wildman–Crippen MR) is 66.2 cm³/mol. The Bertz CT molecular complexity index is 395. The monoisotopic (exact) mass is 236 g/mol. The summed E-state index contributed by atoms with van der Waals surface area (Å²) in [4.78, 5) is 14.2. The Kier molecular flexibility index (Phi) is 3.36. The summed E-state index contributed by atoms with van der Waals surface area (Å²) in [5, 5.41) is 4.04. The number of aromatic nitrogens is 2. The maximum atomic E-state index is 12.2. The van der Waals surface area contributed by atoms with Crippen LogP contribution in [0.1, 0.15) is 26.7 Å². The van der Waals surface area contributed by atoms with Crippen LogP contribution in [-0.4, -0.2) is 33.2 Å². The van der Waals surface area contributed by atoms with Crippen molar-refractivity contribution < 1.29 is 4.79 Å². The fraction of sp³-hybridized carbons (Fsp3) is 0.667. The number of hydrogen-bond donors (Lipinski definition) is 1. The van der Waals surface area contributed by atoms with Gasteiger partial charge in [0.2, 0.25) is 5.91 Å². The van der Waals surface area contributed by atoms with Crippen molar-refractivity contribution in [2.75, 3.05) is 12.3 Å². The van der Waals surface area contributed by atoms with Gasteiger partial charge in [-0.1, -0.05) is 13.8 Å². The first-order valence-electron chi connectivity index (χ1n) is 6.14. The van der Waals surface area contributed by atoms with Crippen LogP contribution in [0.3, 0.4) is 0 Å². The molecule has 0 aromatic carbocycles. The Hall–Kier alpha value is -1.52. The highest BCUT2D eigenvalue weighted by Crippen LogP contribution is 2.27. The van der Waals surface area contributed by atoms with Gasteiger partial charge in [0.05, 0.1) is 0 Å². The Balaban J connectivity index is 1.96. The first-order valence-corrected chi connectivity index (χ1v) is 6.14. The first kappa shape index (κ1) is 12.0. The summed E-state index contributed by atoms with van der Waals surface area (Å²) in [6.07, 6.45) is 4.02. The van der Waals surface area contributed by atoms with Crippen LogP contribution in [0, 0.1) is 5.92 Å². The number of carbonyl (C=O) groups excluding carboxylic acids is 1. The normalized spacial score (nSPS) is 15.2. The van der Waals surface area contributed by atoms with Gasteiger partial charge in [0.15, 0.2) is 0 Å². The van der Waals surface area contributed by atoms with Crippen LogP contribution in [0.5, 0.6) is 0 Å². The van der Waals surface area contributed by atoms with Gasteiger partial charge in [-0.25, -0.2) is 0 Å². The third-order valence-electron chi connectivity index (χ3n) is 2.83. The van der Waals surface area contributed by atoms with Crippen molar-refractivity contribution in [3.63, 3.8) is 0 Å². The molecule has 2 rings (SSSR count). The van der Waals surface area contributed by atoms with E-state index in [0.717, 1.165) is 19.4 Å². The minimum absolute atomic E-state index is 0.143. The van der Waals surface area contributed by atoms with Crippen LogP contribution in [0.25, 0.3) is 0 Å². The molecule has 1 aromatic heterocycles. The Morgan fingerprint density at radius 3 is 2.82 bits per heavy atom. The average Bonchev–Trinajstić information content (AvgIpc) is 3.00. The minimum Gasteiger partial charge on any atom is -0.382 e. The molecule has 1 saturated carbocycles. The molecule has 1 aliphatic carbocycles. The molecule has 17 heavy (non-hydrogen) atoms. The van der Waals surface area contributed by atoms with Crippen molar-refractivity contribution in [1.29, 1.82) is 0 Å². The Morgan fingerprint density at radius 2 is 2.35 bits per heavy atom. The second kappa shape index (κ2) is 4.77. The van der Waals surface area contributed by atoms with E-state index in [4.69, 9.17) is 5.73 Å². The molecule has 0 radical (unpaired) electrons. The van der Waals surface area contributed by atoms with Crippen molar-refractivity contribution in [2.24, 2.45) is 5.92 Å². The van der Waals surface area contributed by atoms with Crippen LogP contribution in [0.4, 0.5) is 5.82 Å². The fourth-order valence-corrected chi connectivity index (χ4v) is 1.93. The van der Waals surface area contributed by atoms with E-state index in [1.165, 1.54) is 0 Å². The highest BCUT2D eigenvalue weighted by Gasteiger charge is 2.32. The van der Waals surface area contributed by atoms with E-state index in [1.807, 2.05) is 4.90 Å². The molecule has 0 spiro atoms. The van der Waals surface area contributed by atoms with Crippen molar-refractivity contribution in [1.82, 2.24) is 14.7 Å². The number of anilines is 1. The number of rotatable bonds is 5. The number of hydrogen-bond acceptors (Lipinski definition) is 3. The molecule has 0 aliphatic heterocycles. The molecule has 94 valence electrons. The zero-order valence-corrected chi connectivity index (χ0v) is 10.5. The van der Waals surface area contributed by atoms with Gasteiger partial charge in [0.1, 0.15) is 12.4 Å². The van der Waals surface area contributed by atoms with E-state index in [2.05, 4.69) is 18.9 Å². The zero-order chi connectivity index (χ0) is 12.4. The van der Waals surface area contributed by atoms with Crippen LogP contribution < -0.4 is 5.73 Å². The molecule has 0 atom stereocenters. The second-order valence-corrected chi connectivity index (χ2v) is 5.11. The van der Waals surface area contributed by atoms with Gasteiger partial charge in [0, 0.05) is 18.8 Å². The topological polar surface area (TPSA) is 64.2 Å². The highest BCUT2D eigenvalue weighted by atomic mass is 16.2. The molecule has 0 unspecified atom stereocenters. The molecule has 1 fully saturated rings. The predicted octanol–water partition coefficient (Wildman–Crippen LogP) is 1.11. The van der Waals surface area contributed by atoms with Gasteiger partial charge >= 0.3 is 0 Å². The summed E-state index contributed by atoms with van der Waals surface area (Å²) in [7, 11) is 0. The van der Waals surface area contributed by atoms with Gasteiger partial charge in [-0.3, -0.25) is 9.48 Å². The lowest BCUT2D eigenvalue weighted by Gasteiger charge is -2.24. The molecule has 0 saturated heterocycles. The largest absolute Gasteiger partial charge is 0.382 e. The molecule has 5 nitrogen and oxygen atoms in total. The lowest BCUT2D eigenvalue weighted by atomic mass is 10.2. The van der Waals surface area contributed by atoms with E-state index in [0.29, 0.717) is 24.3 Å². The van der Waals surface area contributed by atoms with Crippen molar-refractivity contribution in [3.8, 4) is 0 Å². The number of amides is 1. The van der Waals surface area contributed by atoms with E-state index in [-0.39, 0.29) is 5.91 Å². The van der Waals surface area contributed by atoms with Crippen LogP contribution >= 0.6 is 0 Å². The maximum Gasteiger partial charge on any atom is 0.244 e. The number of nitrogens with two attached hydrogens (primary N) is 1. The maximum absolute atomic E-state index is 12.2. The van der Waals surface area contributed by atoms with E-state index >= 15 is 0 Å². The molecule has 1 amide bonds. The van der Waals surface area contributed by atoms with Gasteiger partial charge < -0.3 is 10.6 Å². The Morgan fingerprint density at radius 1 is 1.65 bits per heavy atom. The van der Waals surface area contributed by atoms with E-state index in [1.54, 1.807) is 16.9 Å². The number of carbonyl (C=O) groups is 1. The van der Waals surface area contributed by atoms with Crippen LogP contribution in [0.15, 0.2) is 12.3 Å². The van der Waals surface area contributed by atoms with Crippen molar-refractivity contribution >= 4 is 11.7 Å². The number of nitrogen functional groups attached to an aromatic ring is 1. The molecule has 5 heteroatoms. The van der Waals surface area contributed by atoms with Crippen molar-refractivity contribution in [3.05, 3.63) is 12.3 Å². The molecule has 0 bridgehead atoms. The quantitative estimate of drug-likeness (QED) is 0.833. The Labute approximate surface area is 102 Å². The standard InChI is InChI=1S/C12H20N4O/c1-9(2)7-16(10-3-4-10)12(17)8-15-6-5-11(13)14-15/h5-6,9-10H,3-4,7-8H2,1-2H3,(H2,13,14). The number of nitrogens with zero attached hydrogens (tertiary/aromatic N) is 3. The van der Waals surface area contributed by atoms with Crippen LogP contribution in [-0.2, 0) is 11.3 Å². The lowest BCUT2D eigenvalue weighted by molar-refractivity contribution is -0.133. The van der Waals surface area contributed by atoms with Crippen LogP contribution in [0.2, 0.25) is 0 Å². The smallest absolute Gasteiger partial charge is 0.244 e. The summed E-state index contributed by atoms with van der Waals surface area (Å²) in [6.45, 7) is 5.39. The molecule has 1 aliphatic rings.